The topological polar surface area (TPSA) is 38.7 Å². The van der Waals surface area contributed by atoms with Gasteiger partial charge >= 0.3 is 186 Å². The molecule has 0 aromatic rings. The first-order chi connectivity index (χ1) is 14.0. The fraction of sp³-hybridized carbons (Fsp3) is 0.920. The van der Waals surface area contributed by atoms with Crippen molar-refractivity contribution in [3.05, 3.63) is 10.2 Å². The predicted molar refractivity (Wildman–Crippen MR) is 128 cm³/mol. The van der Waals surface area contributed by atoms with Crippen LogP contribution in [0.4, 0.5) is 0 Å². The van der Waals surface area contributed by atoms with Gasteiger partial charge in [-0.15, -0.1) is 0 Å². The summed E-state index contributed by atoms with van der Waals surface area (Å²) in [6, 6.07) is 0. The number of hydrogen-bond acceptors (Lipinski definition) is 3. The van der Waals surface area contributed by atoms with Gasteiger partial charge < -0.3 is 0 Å². The third-order valence-electron chi connectivity index (χ3n) is 6.42. The number of ether oxygens (including phenoxy) is 2. The Morgan fingerprint density at radius 3 is 2.14 bits per heavy atom. The van der Waals surface area contributed by atoms with Crippen LogP contribution in [0.2, 0.25) is 13.3 Å². The molecule has 0 spiro atoms. The van der Waals surface area contributed by atoms with E-state index in [0.29, 0.717) is 5.92 Å². The van der Waals surface area contributed by atoms with Gasteiger partial charge in [-0.25, -0.2) is 0 Å². The Balaban J connectivity index is 2.48. The van der Waals surface area contributed by atoms with Crippen LogP contribution in [0, 0.1) is 5.92 Å². The molecular weight excluding hydrogens is 467 g/mol. The van der Waals surface area contributed by atoms with E-state index in [0.717, 1.165) is 38.9 Å². The molecule has 0 saturated carbocycles. The molecule has 0 bridgehead atoms. The summed E-state index contributed by atoms with van der Waals surface area (Å²) >= 11 is -2.26. The second kappa shape index (κ2) is 17.0. The summed E-state index contributed by atoms with van der Waals surface area (Å²) in [6.07, 6.45) is 15.2. The third kappa shape index (κ3) is 12.8. The maximum absolute atomic E-state index is 10.6. The van der Waals surface area contributed by atoms with Crippen molar-refractivity contribution in [2.45, 2.75) is 124 Å². The van der Waals surface area contributed by atoms with Gasteiger partial charge in [0.15, 0.2) is 0 Å². The predicted octanol–water partition coefficient (Wildman–Crippen LogP) is 7.25. The SMILES string of the molecule is CCC[CH2][Sn](/[CH]=C/C(O)CCC(C)COC1CCCCO1)([CH2]CCC)[CH2]CCC. The van der Waals surface area contributed by atoms with Gasteiger partial charge in [0.1, 0.15) is 0 Å². The molecule has 3 unspecified atom stereocenters. The molecule has 3 atom stereocenters. The molecule has 172 valence electrons. The van der Waals surface area contributed by atoms with Gasteiger partial charge in [-0.05, 0) is 0 Å². The molecule has 1 aliphatic heterocycles. The number of rotatable bonds is 17. The minimum atomic E-state index is -2.26. The quantitative estimate of drug-likeness (QED) is 0.207. The first-order valence-electron chi connectivity index (χ1n) is 12.7. The molecule has 0 amide bonds. The van der Waals surface area contributed by atoms with Crippen LogP contribution in [0.15, 0.2) is 10.2 Å². The molecule has 1 heterocycles. The first-order valence-corrected chi connectivity index (χ1v) is 20.4. The van der Waals surface area contributed by atoms with E-state index in [4.69, 9.17) is 9.47 Å². The second-order valence-corrected chi connectivity index (χ2v) is 22.4. The summed E-state index contributed by atoms with van der Waals surface area (Å²) in [6.45, 7) is 10.8. The summed E-state index contributed by atoms with van der Waals surface area (Å²) in [4.78, 5) is 0. The van der Waals surface area contributed by atoms with Crippen molar-refractivity contribution in [3.63, 3.8) is 0 Å². The van der Waals surface area contributed by atoms with E-state index < -0.39 is 18.4 Å². The van der Waals surface area contributed by atoms with Crippen molar-refractivity contribution < 1.29 is 14.6 Å². The number of hydrogen-bond donors (Lipinski definition) is 1. The summed E-state index contributed by atoms with van der Waals surface area (Å²) in [5.74, 6) is 0.470. The fourth-order valence-corrected chi connectivity index (χ4v) is 18.7. The Morgan fingerprint density at radius 1 is 1.00 bits per heavy atom. The fourth-order valence-electron chi connectivity index (χ4n) is 4.28. The van der Waals surface area contributed by atoms with Crippen LogP contribution in [-0.4, -0.2) is 49.1 Å². The number of aliphatic hydroxyl groups is 1. The Hall–Kier alpha value is 0.419. The molecule has 0 radical (unpaired) electrons. The number of unbranched alkanes of at least 4 members (excludes halogenated alkanes) is 3. The Morgan fingerprint density at radius 2 is 1.62 bits per heavy atom. The first kappa shape index (κ1) is 27.5. The van der Waals surface area contributed by atoms with Crippen molar-refractivity contribution in [2.24, 2.45) is 5.92 Å². The van der Waals surface area contributed by atoms with Crippen LogP contribution in [0.1, 0.15) is 98.3 Å². The monoisotopic (exact) mass is 518 g/mol. The van der Waals surface area contributed by atoms with Gasteiger partial charge in [0.2, 0.25) is 0 Å². The van der Waals surface area contributed by atoms with Crippen LogP contribution in [-0.2, 0) is 9.47 Å². The zero-order valence-electron chi connectivity index (χ0n) is 20.0. The molecule has 3 nitrogen and oxygen atoms in total. The molecule has 29 heavy (non-hydrogen) atoms. The van der Waals surface area contributed by atoms with E-state index in [1.165, 1.54) is 58.3 Å². The molecule has 1 rings (SSSR count). The molecule has 0 aromatic heterocycles. The van der Waals surface area contributed by atoms with E-state index in [2.05, 4.69) is 37.9 Å². The van der Waals surface area contributed by atoms with Crippen molar-refractivity contribution in [2.75, 3.05) is 13.2 Å². The van der Waals surface area contributed by atoms with Crippen LogP contribution in [0.25, 0.3) is 0 Å². The Kier molecular flexibility index (Phi) is 16.1. The molecule has 1 fully saturated rings. The van der Waals surface area contributed by atoms with Crippen LogP contribution >= 0.6 is 0 Å². The van der Waals surface area contributed by atoms with E-state index in [9.17, 15) is 5.11 Å². The summed E-state index contributed by atoms with van der Waals surface area (Å²) in [5.41, 5.74) is 0. The van der Waals surface area contributed by atoms with E-state index in [1.807, 2.05) is 0 Å². The summed E-state index contributed by atoms with van der Waals surface area (Å²) < 4.78 is 18.6. The zero-order chi connectivity index (χ0) is 21.4. The summed E-state index contributed by atoms with van der Waals surface area (Å²) in [5, 5.41) is 10.6. The van der Waals surface area contributed by atoms with Crippen LogP contribution in [0.3, 0.4) is 0 Å². The molecule has 1 aliphatic rings. The molecule has 0 aromatic carbocycles. The molecule has 1 saturated heterocycles. The van der Waals surface area contributed by atoms with Crippen molar-refractivity contribution in [1.82, 2.24) is 0 Å². The molecule has 4 heteroatoms. The van der Waals surface area contributed by atoms with Gasteiger partial charge in [-0.1, -0.05) is 0 Å². The minimum absolute atomic E-state index is 0.00130. The van der Waals surface area contributed by atoms with Gasteiger partial charge in [0.05, 0.1) is 0 Å². The van der Waals surface area contributed by atoms with Crippen molar-refractivity contribution in [3.8, 4) is 0 Å². The van der Waals surface area contributed by atoms with Gasteiger partial charge in [0.25, 0.3) is 0 Å². The van der Waals surface area contributed by atoms with Crippen molar-refractivity contribution >= 4 is 18.4 Å². The average Bonchev–Trinajstić information content (AvgIpc) is 2.76. The average molecular weight is 517 g/mol. The molecule has 1 N–H and O–H groups in total. The van der Waals surface area contributed by atoms with Gasteiger partial charge in [-0.2, -0.15) is 0 Å². The van der Waals surface area contributed by atoms with E-state index in [-0.39, 0.29) is 12.4 Å². The Labute approximate surface area is 185 Å². The maximum atomic E-state index is 10.6. The van der Waals surface area contributed by atoms with E-state index >= 15 is 0 Å². The zero-order valence-corrected chi connectivity index (χ0v) is 22.8. The Bertz CT molecular complexity index is 385. The standard InChI is InChI=1S/C13H23O3.3C4H9.Sn/c1-3-12(14)8-7-11(2)10-16-13-6-4-5-9-15-13;3*1-3-4-2;/h1,3,11-14H,4-10H2,2H3;3*1,3-4H2,2H3;. The molecular formula is C25H50O3Sn. The van der Waals surface area contributed by atoms with Gasteiger partial charge in [-0.3, -0.25) is 0 Å². The van der Waals surface area contributed by atoms with Crippen LogP contribution < -0.4 is 0 Å². The third-order valence-corrected chi connectivity index (χ3v) is 20.5. The van der Waals surface area contributed by atoms with Gasteiger partial charge in [0, 0.05) is 0 Å². The summed E-state index contributed by atoms with van der Waals surface area (Å²) in [7, 11) is 0. The number of aliphatic hydroxyl groups excluding tert-OH is 1. The molecule has 0 aliphatic carbocycles. The van der Waals surface area contributed by atoms with E-state index in [1.54, 1.807) is 0 Å². The second-order valence-electron chi connectivity index (χ2n) is 9.41. The van der Waals surface area contributed by atoms with Crippen LogP contribution in [0.5, 0.6) is 0 Å². The normalized spacial score (nSPS) is 20.2. The van der Waals surface area contributed by atoms with Crippen molar-refractivity contribution in [1.29, 1.82) is 0 Å².